The summed E-state index contributed by atoms with van der Waals surface area (Å²) in [6, 6.07) is 13.1. The molecule has 2 rings (SSSR count). The molecule has 100 valence electrons. The Balaban J connectivity index is 2.37. The Morgan fingerprint density at radius 2 is 1.58 bits per heavy atom. The Labute approximate surface area is 114 Å². The van der Waals surface area contributed by atoms with E-state index in [1.807, 2.05) is 31.2 Å². The molecule has 0 nitrogen and oxygen atoms in total. The van der Waals surface area contributed by atoms with Gasteiger partial charge in [0.2, 0.25) is 0 Å². The van der Waals surface area contributed by atoms with Crippen LogP contribution >= 0.6 is 11.8 Å². The number of rotatable bonds is 3. The van der Waals surface area contributed by atoms with Crippen molar-refractivity contribution in [3.05, 3.63) is 54.1 Å². The maximum atomic E-state index is 12.5. The maximum absolute atomic E-state index is 12.5. The van der Waals surface area contributed by atoms with E-state index in [0.29, 0.717) is 0 Å². The van der Waals surface area contributed by atoms with Gasteiger partial charge in [-0.1, -0.05) is 37.3 Å². The molecule has 0 amide bonds. The molecule has 0 saturated heterocycles. The minimum Gasteiger partial charge on any atom is -0.166 e. The quantitative estimate of drug-likeness (QED) is 0.671. The van der Waals surface area contributed by atoms with E-state index in [0.717, 1.165) is 33.9 Å². The first-order chi connectivity index (χ1) is 9.02. The molecule has 2 aromatic carbocycles. The topological polar surface area (TPSA) is 0 Å². The smallest absolute Gasteiger partial charge is 0.166 e. The van der Waals surface area contributed by atoms with Gasteiger partial charge in [0.1, 0.15) is 0 Å². The summed E-state index contributed by atoms with van der Waals surface area (Å²) in [6.07, 6.45) is -4.28. The Bertz CT molecular complexity index is 544. The molecule has 0 unspecified atom stereocenters. The van der Waals surface area contributed by atoms with Crippen molar-refractivity contribution in [2.45, 2.75) is 18.0 Å². The third-order valence-electron chi connectivity index (χ3n) is 2.71. The molecular formula is C15H13F3S. The fourth-order valence-corrected chi connectivity index (χ4v) is 2.65. The van der Waals surface area contributed by atoms with Gasteiger partial charge in [0, 0.05) is 4.90 Å². The van der Waals surface area contributed by atoms with Gasteiger partial charge in [0.05, 0.1) is 5.56 Å². The Morgan fingerprint density at radius 3 is 2.16 bits per heavy atom. The lowest BCUT2D eigenvalue weighted by molar-refractivity contribution is -0.137. The first kappa shape index (κ1) is 14.0. The molecule has 0 aliphatic rings. The molecule has 0 atom stereocenters. The van der Waals surface area contributed by atoms with E-state index in [-0.39, 0.29) is 0 Å². The molecule has 0 spiro atoms. The van der Waals surface area contributed by atoms with Gasteiger partial charge in [0.25, 0.3) is 0 Å². The third kappa shape index (κ3) is 3.32. The van der Waals surface area contributed by atoms with Gasteiger partial charge < -0.3 is 0 Å². The molecule has 0 aliphatic carbocycles. The standard InChI is InChI=1S/C15H13F3S/c1-2-19-14-6-4-3-5-13(14)11-7-9-12(10-8-11)15(16,17)18/h3-10H,2H2,1H3. The largest absolute Gasteiger partial charge is 0.416 e. The van der Waals surface area contributed by atoms with E-state index >= 15 is 0 Å². The first-order valence-corrected chi connectivity index (χ1v) is 6.90. The predicted molar refractivity (Wildman–Crippen MR) is 73.3 cm³/mol. The number of thioether (sulfide) groups is 1. The average molecular weight is 282 g/mol. The average Bonchev–Trinajstić information content (AvgIpc) is 2.39. The second kappa shape index (κ2) is 5.70. The van der Waals surface area contributed by atoms with Crippen LogP contribution in [0.5, 0.6) is 0 Å². The summed E-state index contributed by atoms with van der Waals surface area (Å²) in [7, 11) is 0. The molecule has 0 fully saturated rings. The van der Waals surface area contributed by atoms with Gasteiger partial charge in [-0.3, -0.25) is 0 Å². The molecule has 0 aliphatic heterocycles. The van der Waals surface area contributed by atoms with Crippen molar-refractivity contribution >= 4 is 11.8 Å². The number of hydrogen-bond donors (Lipinski definition) is 0. The van der Waals surface area contributed by atoms with Gasteiger partial charge in [0.15, 0.2) is 0 Å². The summed E-state index contributed by atoms with van der Waals surface area (Å²) >= 11 is 1.68. The fourth-order valence-electron chi connectivity index (χ4n) is 1.83. The Kier molecular flexibility index (Phi) is 4.20. The van der Waals surface area contributed by atoms with E-state index in [2.05, 4.69) is 0 Å². The molecule has 2 aromatic rings. The summed E-state index contributed by atoms with van der Waals surface area (Å²) in [4.78, 5) is 1.09. The first-order valence-electron chi connectivity index (χ1n) is 5.92. The molecule has 19 heavy (non-hydrogen) atoms. The van der Waals surface area contributed by atoms with Crippen LogP contribution < -0.4 is 0 Å². The van der Waals surface area contributed by atoms with Crippen molar-refractivity contribution < 1.29 is 13.2 Å². The van der Waals surface area contributed by atoms with Crippen LogP contribution in [0.25, 0.3) is 11.1 Å². The molecule has 0 heterocycles. The van der Waals surface area contributed by atoms with Crippen molar-refractivity contribution in [1.82, 2.24) is 0 Å². The zero-order chi connectivity index (χ0) is 13.9. The minimum atomic E-state index is -4.28. The zero-order valence-corrected chi connectivity index (χ0v) is 11.2. The summed E-state index contributed by atoms with van der Waals surface area (Å²) in [5.41, 5.74) is 1.17. The van der Waals surface area contributed by atoms with Crippen LogP contribution in [-0.2, 0) is 6.18 Å². The molecule has 0 aromatic heterocycles. The highest BCUT2D eigenvalue weighted by Gasteiger charge is 2.29. The van der Waals surface area contributed by atoms with Crippen molar-refractivity contribution in [3.63, 3.8) is 0 Å². The van der Waals surface area contributed by atoms with E-state index < -0.39 is 11.7 Å². The summed E-state index contributed by atoms with van der Waals surface area (Å²) in [6.45, 7) is 2.05. The number of halogens is 3. The van der Waals surface area contributed by atoms with Crippen molar-refractivity contribution in [3.8, 4) is 11.1 Å². The molecule has 0 bridgehead atoms. The number of benzene rings is 2. The fraction of sp³-hybridized carbons (Fsp3) is 0.200. The van der Waals surface area contributed by atoms with Crippen LogP contribution in [0, 0.1) is 0 Å². The van der Waals surface area contributed by atoms with Crippen LogP contribution in [0.1, 0.15) is 12.5 Å². The lowest BCUT2D eigenvalue weighted by atomic mass is 10.0. The summed E-state index contributed by atoms with van der Waals surface area (Å²) in [5, 5.41) is 0. The zero-order valence-electron chi connectivity index (χ0n) is 10.4. The molecular weight excluding hydrogens is 269 g/mol. The van der Waals surface area contributed by atoms with Crippen LogP contribution in [-0.4, -0.2) is 5.75 Å². The van der Waals surface area contributed by atoms with E-state index in [9.17, 15) is 13.2 Å². The van der Waals surface area contributed by atoms with Crippen LogP contribution in [0.4, 0.5) is 13.2 Å². The van der Waals surface area contributed by atoms with Crippen LogP contribution in [0.15, 0.2) is 53.4 Å². The van der Waals surface area contributed by atoms with Gasteiger partial charge >= 0.3 is 6.18 Å². The SMILES string of the molecule is CCSc1ccccc1-c1ccc(C(F)(F)F)cc1. The molecule has 4 heteroatoms. The molecule has 0 radical (unpaired) electrons. The summed E-state index contributed by atoms with van der Waals surface area (Å²) in [5.74, 6) is 0.928. The Hall–Kier alpha value is -1.42. The highest BCUT2D eigenvalue weighted by Crippen LogP contribution is 2.34. The molecule has 0 saturated carbocycles. The highest BCUT2D eigenvalue weighted by atomic mass is 32.2. The van der Waals surface area contributed by atoms with Gasteiger partial charge in [-0.2, -0.15) is 13.2 Å². The highest BCUT2D eigenvalue weighted by molar-refractivity contribution is 7.99. The van der Waals surface area contributed by atoms with Crippen molar-refractivity contribution in [2.24, 2.45) is 0 Å². The predicted octanol–water partition coefficient (Wildman–Crippen LogP) is 5.48. The number of alkyl halides is 3. The monoisotopic (exact) mass is 282 g/mol. The van der Waals surface area contributed by atoms with E-state index in [1.54, 1.807) is 11.8 Å². The van der Waals surface area contributed by atoms with Crippen molar-refractivity contribution in [1.29, 1.82) is 0 Å². The van der Waals surface area contributed by atoms with Gasteiger partial charge in [-0.05, 0) is 35.1 Å². The normalized spacial score (nSPS) is 11.6. The van der Waals surface area contributed by atoms with Crippen LogP contribution in [0.3, 0.4) is 0 Å². The Morgan fingerprint density at radius 1 is 0.947 bits per heavy atom. The second-order valence-electron chi connectivity index (χ2n) is 4.00. The second-order valence-corrected chi connectivity index (χ2v) is 5.31. The third-order valence-corrected chi connectivity index (χ3v) is 3.67. The minimum absolute atomic E-state index is 0.614. The lowest BCUT2D eigenvalue weighted by Gasteiger charge is -2.10. The van der Waals surface area contributed by atoms with E-state index in [4.69, 9.17) is 0 Å². The van der Waals surface area contributed by atoms with Gasteiger partial charge in [-0.25, -0.2) is 0 Å². The van der Waals surface area contributed by atoms with Crippen LogP contribution in [0.2, 0.25) is 0 Å². The van der Waals surface area contributed by atoms with Gasteiger partial charge in [-0.15, -0.1) is 11.8 Å². The summed E-state index contributed by atoms with van der Waals surface area (Å²) < 4.78 is 37.6. The van der Waals surface area contributed by atoms with Crippen molar-refractivity contribution in [2.75, 3.05) is 5.75 Å². The lowest BCUT2D eigenvalue weighted by Crippen LogP contribution is -2.04. The number of hydrogen-bond acceptors (Lipinski definition) is 1. The molecule has 0 N–H and O–H groups in total. The maximum Gasteiger partial charge on any atom is 0.416 e. The van der Waals surface area contributed by atoms with E-state index in [1.165, 1.54) is 12.1 Å².